The molecule has 0 spiro atoms. The molecule has 1 heterocycles. The van der Waals surface area contributed by atoms with Gasteiger partial charge in [0.2, 0.25) is 0 Å². The average Bonchev–Trinajstić information content (AvgIpc) is 3.27. The van der Waals surface area contributed by atoms with Crippen molar-refractivity contribution in [2.45, 2.75) is 32.2 Å². The lowest BCUT2D eigenvalue weighted by Gasteiger charge is -2.07. The molecule has 1 N–H and O–H groups in total. The first-order chi connectivity index (χ1) is 9.34. The van der Waals surface area contributed by atoms with E-state index in [0.29, 0.717) is 0 Å². The fraction of sp³-hybridized carbons (Fsp3) is 0.353. The van der Waals surface area contributed by atoms with E-state index in [-0.39, 0.29) is 0 Å². The lowest BCUT2D eigenvalue weighted by atomic mass is 10.0. The second kappa shape index (κ2) is 5.54. The van der Waals surface area contributed by atoms with Crippen molar-refractivity contribution in [3.63, 3.8) is 0 Å². The number of benzene rings is 1. The number of fused-ring (bicyclic) bond motifs is 1. The van der Waals surface area contributed by atoms with Crippen molar-refractivity contribution in [1.82, 2.24) is 10.3 Å². The second-order valence-corrected chi connectivity index (χ2v) is 5.28. The lowest BCUT2D eigenvalue weighted by molar-refractivity contribution is 0.690. The summed E-state index contributed by atoms with van der Waals surface area (Å²) in [5.41, 5.74) is 3.72. The molecule has 2 nitrogen and oxygen atoms in total. The quantitative estimate of drug-likeness (QED) is 0.819. The van der Waals surface area contributed by atoms with Gasteiger partial charge in [-0.2, -0.15) is 0 Å². The summed E-state index contributed by atoms with van der Waals surface area (Å²) in [5.74, 6) is 0. The van der Waals surface area contributed by atoms with E-state index in [4.69, 9.17) is 0 Å². The number of rotatable bonds is 5. The minimum absolute atomic E-state index is 0.801. The summed E-state index contributed by atoms with van der Waals surface area (Å²) in [5, 5.41) is 4.79. The lowest BCUT2D eigenvalue weighted by Crippen LogP contribution is -2.16. The standard InChI is InChI=1S/C17H20N2/c1-13(5-3-11-18-14-9-10-14)15-6-2-8-17-16(15)7-4-12-19-17/h2,4-8,12,14,18H,3,9-11H2,1H3/b13-5-. The third-order valence-electron chi connectivity index (χ3n) is 3.68. The molecule has 0 unspecified atom stereocenters. The van der Waals surface area contributed by atoms with Crippen LogP contribution in [-0.4, -0.2) is 17.6 Å². The van der Waals surface area contributed by atoms with Gasteiger partial charge in [-0.1, -0.05) is 24.3 Å². The van der Waals surface area contributed by atoms with Gasteiger partial charge in [0.15, 0.2) is 0 Å². The Bertz CT molecular complexity index is 592. The number of hydrogen-bond acceptors (Lipinski definition) is 2. The molecule has 1 aliphatic carbocycles. The normalized spacial score (nSPS) is 15.9. The van der Waals surface area contributed by atoms with E-state index in [1.807, 2.05) is 12.3 Å². The van der Waals surface area contributed by atoms with Crippen molar-refractivity contribution < 1.29 is 0 Å². The Labute approximate surface area is 114 Å². The van der Waals surface area contributed by atoms with Crippen LogP contribution >= 0.6 is 0 Å². The van der Waals surface area contributed by atoms with E-state index in [9.17, 15) is 0 Å². The van der Waals surface area contributed by atoms with Crippen LogP contribution in [0.4, 0.5) is 0 Å². The predicted molar refractivity (Wildman–Crippen MR) is 81.0 cm³/mol. The second-order valence-electron chi connectivity index (χ2n) is 5.28. The van der Waals surface area contributed by atoms with Crippen LogP contribution in [0.5, 0.6) is 0 Å². The Morgan fingerprint density at radius 1 is 1.32 bits per heavy atom. The van der Waals surface area contributed by atoms with Gasteiger partial charge in [0.1, 0.15) is 0 Å². The third kappa shape index (κ3) is 3.02. The molecule has 1 aliphatic rings. The maximum atomic E-state index is 4.41. The summed E-state index contributed by atoms with van der Waals surface area (Å²) < 4.78 is 0. The smallest absolute Gasteiger partial charge is 0.0708 e. The van der Waals surface area contributed by atoms with E-state index in [0.717, 1.165) is 24.5 Å². The number of allylic oxidation sites excluding steroid dienone is 1. The first-order valence-electron chi connectivity index (χ1n) is 7.09. The largest absolute Gasteiger partial charge is 0.314 e. The monoisotopic (exact) mass is 252 g/mol. The molecule has 2 heteroatoms. The molecule has 0 radical (unpaired) electrons. The molecule has 0 aliphatic heterocycles. The van der Waals surface area contributed by atoms with E-state index in [2.05, 4.69) is 47.6 Å². The van der Waals surface area contributed by atoms with Crippen LogP contribution in [0.2, 0.25) is 0 Å². The summed E-state index contributed by atoms with van der Waals surface area (Å²) in [6.45, 7) is 3.28. The summed E-state index contributed by atoms with van der Waals surface area (Å²) in [6.07, 6.45) is 8.00. The van der Waals surface area contributed by atoms with E-state index in [1.165, 1.54) is 29.4 Å². The number of nitrogens with one attached hydrogen (secondary N) is 1. The Morgan fingerprint density at radius 3 is 3.05 bits per heavy atom. The van der Waals surface area contributed by atoms with E-state index < -0.39 is 0 Å². The zero-order valence-electron chi connectivity index (χ0n) is 11.4. The van der Waals surface area contributed by atoms with Gasteiger partial charge < -0.3 is 5.32 Å². The molecule has 0 atom stereocenters. The zero-order valence-corrected chi connectivity index (χ0v) is 11.4. The van der Waals surface area contributed by atoms with Crippen molar-refractivity contribution in [2.75, 3.05) is 6.54 Å². The molecule has 1 fully saturated rings. The fourth-order valence-electron chi connectivity index (χ4n) is 2.42. The highest BCUT2D eigenvalue weighted by Crippen LogP contribution is 2.24. The summed E-state index contributed by atoms with van der Waals surface area (Å²) in [4.78, 5) is 4.41. The molecule has 2 aromatic rings. The molecular weight excluding hydrogens is 232 g/mol. The highest BCUT2D eigenvalue weighted by Gasteiger charge is 2.19. The van der Waals surface area contributed by atoms with Gasteiger partial charge in [0.25, 0.3) is 0 Å². The number of pyridine rings is 1. The van der Waals surface area contributed by atoms with Gasteiger partial charge in [-0.15, -0.1) is 0 Å². The molecule has 1 saturated carbocycles. The van der Waals surface area contributed by atoms with Crippen LogP contribution in [0.1, 0.15) is 31.7 Å². The maximum Gasteiger partial charge on any atom is 0.0708 e. The zero-order chi connectivity index (χ0) is 13.1. The van der Waals surface area contributed by atoms with Crippen molar-refractivity contribution in [3.8, 4) is 0 Å². The van der Waals surface area contributed by atoms with Crippen LogP contribution in [0.15, 0.2) is 42.6 Å². The molecule has 19 heavy (non-hydrogen) atoms. The molecule has 1 aromatic carbocycles. The summed E-state index contributed by atoms with van der Waals surface area (Å²) >= 11 is 0. The fourth-order valence-corrected chi connectivity index (χ4v) is 2.42. The van der Waals surface area contributed by atoms with Gasteiger partial charge in [-0.05, 0) is 56.0 Å². The summed E-state index contributed by atoms with van der Waals surface area (Å²) in [6, 6.07) is 11.3. The maximum absolute atomic E-state index is 4.41. The molecule has 3 rings (SSSR count). The van der Waals surface area contributed by atoms with Crippen molar-refractivity contribution in [3.05, 3.63) is 48.2 Å². The van der Waals surface area contributed by atoms with Crippen molar-refractivity contribution in [1.29, 1.82) is 0 Å². The van der Waals surface area contributed by atoms with Crippen LogP contribution in [0.3, 0.4) is 0 Å². The van der Waals surface area contributed by atoms with Crippen molar-refractivity contribution in [2.24, 2.45) is 0 Å². The molecule has 0 amide bonds. The minimum atomic E-state index is 0.801. The van der Waals surface area contributed by atoms with Crippen LogP contribution in [0.25, 0.3) is 16.5 Å². The van der Waals surface area contributed by atoms with E-state index in [1.54, 1.807) is 0 Å². The Hall–Kier alpha value is -1.67. The highest BCUT2D eigenvalue weighted by atomic mass is 14.9. The minimum Gasteiger partial charge on any atom is -0.314 e. The van der Waals surface area contributed by atoms with Gasteiger partial charge in [0.05, 0.1) is 5.52 Å². The average molecular weight is 252 g/mol. The van der Waals surface area contributed by atoms with Gasteiger partial charge in [-0.25, -0.2) is 0 Å². The van der Waals surface area contributed by atoms with Crippen LogP contribution in [-0.2, 0) is 0 Å². The SMILES string of the molecule is C/C(=C/CCNC1CC1)c1cccc2ncccc12. The highest BCUT2D eigenvalue weighted by molar-refractivity contribution is 5.91. The molecular formula is C17H20N2. The Kier molecular flexibility index (Phi) is 3.60. The Balaban J connectivity index is 1.76. The van der Waals surface area contributed by atoms with Gasteiger partial charge in [-0.3, -0.25) is 4.98 Å². The first-order valence-corrected chi connectivity index (χ1v) is 7.09. The number of nitrogens with zero attached hydrogens (tertiary/aromatic N) is 1. The topological polar surface area (TPSA) is 24.9 Å². The van der Waals surface area contributed by atoms with E-state index >= 15 is 0 Å². The number of aromatic nitrogens is 1. The first kappa shape index (κ1) is 12.4. The third-order valence-corrected chi connectivity index (χ3v) is 3.68. The van der Waals surface area contributed by atoms with Crippen molar-refractivity contribution >= 4 is 16.5 Å². The van der Waals surface area contributed by atoms with Crippen LogP contribution < -0.4 is 5.32 Å². The Morgan fingerprint density at radius 2 is 2.21 bits per heavy atom. The van der Waals surface area contributed by atoms with Gasteiger partial charge >= 0.3 is 0 Å². The predicted octanol–water partition coefficient (Wildman–Crippen LogP) is 3.78. The molecule has 0 saturated heterocycles. The molecule has 98 valence electrons. The van der Waals surface area contributed by atoms with Crippen LogP contribution in [0, 0.1) is 0 Å². The van der Waals surface area contributed by atoms with Gasteiger partial charge in [0, 0.05) is 17.6 Å². The number of hydrogen-bond donors (Lipinski definition) is 1. The molecule has 1 aromatic heterocycles. The molecule has 0 bridgehead atoms. The summed E-state index contributed by atoms with van der Waals surface area (Å²) in [7, 11) is 0.